The predicted molar refractivity (Wildman–Crippen MR) is 170 cm³/mol. The minimum atomic E-state index is -0.184. The van der Waals surface area contributed by atoms with Crippen LogP contribution in [-0.2, 0) is 5.41 Å². The van der Waals surface area contributed by atoms with Crippen LogP contribution in [-0.4, -0.2) is 76.6 Å². The molecule has 0 atom stereocenters. The number of aromatic nitrogens is 3. The molecule has 1 N–H and O–H groups in total. The van der Waals surface area contributed by atoms with Gasteiger partial charge in [-0.1, -0.05) is 23.7 Å². The van der Waals surface area contributed by atoms with E-state index in [0.717, 1.165) is 68.9 Å². The quantitative estimate of drug-likeness (QED) is 0.291. The number of benzene rings is 2. The first-order chi connectivity index (χ1) is 20.8. The molecule has 2 fully saturated rings. The molecule has 0 bridgehead atoms. The second kappa shape index (κ2) is 12.2. The van der Waals surface area contributed by atoms with Gasteiger partial charge in [0, 0.05) is 60.5 Å². The maximum absolute atomic E-state index is 13.1. The molecule has 0 spiro atoms. The Morgan fingerprint density at radius 1 is 1.07 bits per heavy atom. The number of carbonyl (C=O) groups is 1. The fourth-order valence-electron chi connectivity index (χ4n) is 6.47. The van der Waals surface area contributed by atoms with Crippen molar-refractivity contribution < 1.29 is 4.79 Å². The van der Waals surface area contributed by atoms with Crippen molar-refractivity contribution in [3.05, 3.63) is 83.0 Å². The van der Waals surface area contributed by atoms with Gasteiger partial charge in [-0.15, -0.1) is 5.10 Å². The molecule has 2 aliphatic heterocycles. The number of likely N-dealkylation sites (tertiary alicyclic amines) is 1. The summed E-state index contributed by atoms with van der Waals surface area (Å²) in [6, 6.07) is 22.2. The fraction of sp³-hybridized carbons (Fsp3) is 0.394. The Balaban J connectivity index is 1.14. The summed E-state index contributed by atoms with van der Waals surface area (Å²) in [5.41, 5.74) is 4.27. The number of rotatable bonds is 7. The van der Waals surface area contributed by atoms with Crippen molar-refractivity contribution >= 4 is 40.5 Å². The molecule has 0 radical (unpaired) electrons. The number of nitrogens with one attached hydrogen (secondary N) is 1. The molecule has 6 rings (SSSR count). The van der Waals surface area contributed by atoms with Crippen molar-refractivity contribution in [1.82, 2.24) is 24.4 Å². The third-order valence-electron chi connectivity index (χ3n) is 9.22. The number of amides is 1. The predicted octanol–water partition coefficient (Wildman–Crippen LogP) is 5.74. The van der Waals surface area contributed by atoms with Crippen molar-refractivity contribution in [1.29, 1.82) is 5.26 Å². The average molecular weight is 597 g/mol. The van der Waals surface area contributed by atoms with Gasteiger partial charge in [-0.3, -0.25) is 4.79 Å². The van der Waals surface area contributed by atoms with Gasteiger partial charge in [-0.2, -0.15) is 10.2 Å². The number of nitrogens with zero attached hydrogens (tertiary/aromatic N) is 7. The number of pyridine rings is 1. The lowest BCUT2D eigenvalue weighted by Crippen LogP contribution is -2.44. The molecule has 1 amide bonds. The van der Waals surface area contributed by atoms with E-state index in [4.69, 9.17) is 16.6 Å². The zero-order chi connectivity index (χ0) is 30.0. The van der Waals surface area contributed by atoms with Crippen LogP contribution in [0.5, 0.6) is 0 Å². The van der Waals surface area contributed by atoms with E-state index in [-0.39, 0.29) is 17.4 Å². The molecule has 0 saturated carbocycles. The van der Waals surface area contributed by atoms with Crippen molar-refractivity contribution in [2.75, 3.05) is 50.5 Å². The highest BCUT2D eigenvalue weighted by atomic mass is 35.5. The Morgan fingerprint density at radius 3 is 2.44 bits per heavy atom. The number of nitriles is 1. The summed E-state index contributed by atoms with van der Waals surface area (Å²) < 4.78 is 1.79. The van der Waals surface area contributed by atoms with Gasteiger partial charge in [0.2, 0.25) is 5.95 Å². The van der Waals surface area contributed by atoms with Crippen LogP contribution in [0.4, 0.5) is 17.3 Å². The lowest BCUT2D eigenvalue weighted by Gasteiger charge is -2.42. The van der Waals surface area contributed by atoms with Crippen LogP contribution in [0.3, 0.4) is 0 Å². The summed E-state index contributed by atoms with van der Waals surface area (Å²) in [5, 5.41) is 18.3. The number of fused-ring (bicyclic) bond motifs is 1. The first kappa shape index (κ1) is 29.0. The molecule has 9 nitrogen and oxygen atoms in total. The zero-order valence-corrected chi connectivity index (χ0v) is 25.5. The van der Waals surface area contributed by atoms with E-state index in [9.17, 15) is 10.1 Å². The van der Waals surface area contributed by atoms with E-state index < -0.39 is 0 Å². The monoisotopic (exact) mass is 596 g/mol. The van der Waals surface area contributed by atoms with Crippen molar-refractivity contribution in [3.8, 4) is 6.07 Å². The van der Waals surface area contributed by atoms with Gasteiger partial charge in [-0.25, -0.2) is 4.52 Å². The van der Waals surface area contributed by atoms with Crippen LogP contribution in [0.1, 0.15) is 48.0 Å². The molecular weight excluding hydrogens is 560 g/mol. The maximum Gasteiger partial charge on any atom is 0.253 e. The second-order valence-corrected chi connectivity index (χ2v) is 12.3. The topological polar surface area (TPSA) is 92.8 Å². The van der Waals surface area contributed by atoms with E-state index in [1.165, 1.54) is 5.56 Å². The molecule has 222 valence electrons. The number of halogens is 1. The zero-order valence-electron chi connectivity index (χ0n) is 24.7. The van der Waals surface area contributed by atoms with Gasteiger partial charge in [0.1, 0.15) is 0 Å². The number of hydrogen-bond acceptors (Lipinski definition) is 7. The average Bonchev–Trinajstić information content (AvgIpc) is 3.45. The normalized spacial score (nSPS) is 17.5. The molecule has 10 heteroatoms. The second-order valence-electron chi connectivity index (χ2n) is 11.9. The summed E-state index contributed by atoms with van der Waals surface area (Å²) in [4.78, 5) is 24.5. The Bertz CT molecular complexity index is 1610. The lowest BCUT2D eigenvalue weighted by molar-refractivity contribution is 0.0659. The summed E-state index contributed by atoms with van der Waals surface area (Å²) in [5.74, 6) is 0.542. The SMILES string of the molecule is CN1CCC(N(C)C(=O)c2ccc(Nc3nc4c(N5CCC(CC#N)(c6ccc(Cl)cc6)CC5)cccn4n3)cc2)CC1. The lowest BCUT2D eigenvalue weighted by atomic mass is 9.71. The van der Waals surface area contributed by atoms with Crippen LogP contribution in [0.2, 0.25) is 5.02 Å². The Morgan fingerprint density at radius 2 is 1.77 bits per heavy atom. The van der Waals surface area contributed by atoms with Gasteiger partial charge < -0.3 is 20.0 Å². The Kier molecular flexibility index (Phi) is 8.24. The summed E-state index contributed by atoms with van der Waals surface area (Å²) >= 11 is 6.14. The fourth-order valence-corrected chi connectivity index (χ4v) is 6.59. The summed E-state index contributed by atoms with van der Waals surface area (Å²) in [6.07, 6.45) is 6.10. The molecule has 2 saturated heterocycles. The van der Waals surface area contributed by atoms with Gasteiger partial charge >= 0.3 is 0 Å². The maximum atomic E-state index is 13.1. The molecule has 0 unspecified atom stereocenters. The Hall–Kier alpha value is -4.13. The molecule has 0 aliphatic carbocycles. The largest absolute Gasteiger partial charge is 0.368 e. The van der Waals surface area contributed by atoms with E-state index in [1.54, 1.807) is 4.52 Å². The third kappa shape index (κ3) is 6.03. The van der Waals surface area contributed by atoms with Gasteiger partial charge in [0.25, 0.3) is 5.91 Å². The van der Waals surface area contributed by atoms with Gasteiger partial charge in [-0.05, 0) is 99.9 Å². The van der Waals surface area contributed by atoms with Crippen LogP contribution in [0, 0.1) is 11.3 Å². The molecule has 4 heterocycles. The van der Waals surface area contributed by atoms with E-state index in [2.05, 4.69) is 51.5 Å². The highest BCUT2D eigenvalue weighted by molar-refractivity contribution is 6.30. The Labute approximate surface area is 257 Å². The van der Waals surface area contributed by atoms with Crippen LogP contribution < -0.4 is 10.2 Å². The molecular formula is C33H37ClN8O. The smallest absolute Gasteiger partial charge is 0.253 e. The summed E-state index contributed by atoms with van der Waals surface area (Å²) in [7, 11) is 4.04. The van der Waals surface area contributed by atoms with Crippen LogP contribution >= 0.6 is 11.6 Å². The van der Waals surface area contributed by atoms with Crippen LogP contribution in [0.25, 0.3) is 5.65 Å². The minimum absolute atomic E-state index is 0.0491. The van der Waals surface area contributed by atoms with Crippen LogP contribution in [0.15, 0.2) is 66.9 Å². The first-order valence-electron chi connectivity index (χ1n) is 14.9. The molecule has 2 aromatic heterocycles. The molecule has 4 aromatic rings. The van der Waals surface area contributed by atoms with E-state index in [0.29, 0.717) is 23.0 Å². The molecule has 2 aliphatic rings. The van der Waals surface area contributed by atoms with Gasteiger partial charge in [0.05, 0.1) is 11.8 Å². The number of piperidine rings is 2. The number of carbonyl (C=O) groups excluding carboxylic acids is 1. The molecule has 2 aromatic carbocycles. The highest BCUT2D eigenvalue weighted by Crippen LogP contribution is 2.40. The van der Waals surface area contributed by atoms with Crippen molar-refractivity contribution in [2.24, 2.45) is 0 Å². The number of hydrogen-bond donors (Lipinski definition) is 1. The standard InChI is InChI=1S/C33H37ClN8O/c1-39-20-13-28(14-21-39)40(2)31(43)24-5-11-27(12-6-24)36-32-37-30-29(4-3-19-42(30)38-32)41-22-16-33(15-18-35,17-23-41)25-7-9-26(34)10-8-25/h3-12,19,28H,13-17,20-23H2,1-2H3,(H,36,38). The van der Waals surface area contributed by atoms with Crippen molar-refractivity contribution in [2.45, 2.75) is 43.6 Å². The van der Waals surface area contributed by atoms with E-state index in [1.807, 2.05) is 60.6 Å². The highest BCUT2D eigenvalue weighted by Gasteiger charge is 2.37. The number of anilines is 3. The van der Waals surface area contributed by atoms with Gasteiger partial charge in [0.15, 0.2) is 5.65 Å². The first-order valence-corrected chi connectivity index (χ1v) is 15.3. The molecule has 43 heavy (non-hydrogen) atoms. The van der Waals surface area contributed by atoms with Crippen molar-refractivity contribution in [3.63, 3.8) is 0 Å². The third-order valence-corrected chi connectivity index (χ3v) is 9.47. The minimum Gasteiger partial charge on any atom is -0.368 e. The summed E-state index contributed by atoms with van der Waals surface area (Å²) in [6.45, 7) is 3.65. The van der Waals surface area contributed by atoms with E-state index >= 15 is 0 Å².